The van der Waals surface area contributed by atoms with Crippen molar-refractivity contribution >= 4 is 43.1 Å². The van der Waals surface area contributed by atoms with Crippen LogP contribution in [0.5, 0.6) is 5.75 Å². The highest BCUT2D eigenvalue weighted by Gasteiger charge is 2.10. The molecule has 0 aliphatic carbocycles. The van der Waals surface area contributed by atoms with E-state index >= 15 is 0 Å². The second kappa shape index (κ2) is 4.97. The summed E-state index contributed by atoms with van der Waals surface area (Å²) < 4.78 is 0. The normalized spacial score (nSPS) is 11.8. The summed E-state index contributed by atoms with van der Waals surface area (Å²) in [6, 6.07) is 23.6. The van der Waals surface area contributed by atoms with Crippen LogP contribution in [0, 0.1) is 13.8 Å². The van der Waals surface area contributed by atoms with Gasteiger partial charge in [0.2, 0.25) is 0 Å². The predicted molar refractivity (Wildman–Crippen MR) is 108 cm³/mol. The summed E-state index contributed by atoms with van der Waals surface area (Å²) in [6.45, 7) is 4.10. The Balaban J connectivity index is 2.03. The van der Waals surface area contributed by atoms with Crippen molar-refractivity contribution < 1.29 is 5.11 Å². The van der Waals surface area contributed by atoms with Crippen molar-refractivity contribution in [2.24, 2.45) is 0 Å². The third kappa shape index (κ3) is 1.96. The van der Waals surface area contributed by atoms with Crippen LogP contribution in [0.4, 0.5) is 0 Å². The maximum atomic E-state index is 10.2. The van der Waals surface area contributed by atoms with E-state index in [0.29, 0.717) is 5.75 Å². The summed E-state index contributed by atoms with van der Waals surface area (Å²) in [4.78, 5) is 0. The molecule has 0 heterocycles. The van der Waals surface area contributed by atoms with Gasteiger partial charge in [0.1, 0.15) is 5.75 Å². The summed E-state index contributed by atoms with van der Waals surface area (Å²) >= 11 is 0. The maximum absolute atomic E-state index is 10.2. The molecule has 25 heavy (non-hydrogen) atoms. The standard InChI is InChI=1S/C24H18O/c1-14-11-22-19-8-7-16-5-3-4-6-17(16)18(19)9-10-20(22)23-13-24(25)15(2)12-21(14)23/h3-13,25H,1-2H3. The van der Waals surface area contributed by atoms with E-state index in [-0.39, 0.29) is 0 Å². The minimum Gasteiger partial charge on any atom is -0.508 e. The van der Waals surface area contributed by atoms with Gasteiger partial charge in [-0.1, -0.05) is 54.6 Å². The number of benzene rings is 5. The van der Waals surface area contributed by atoms with E-state index in [1.165, 1.54) is 43.3 Å². The molecule has 0 saturated carbocycles. The number of hydrogen-bond donors (Lipinski definition) is 1. The Hall–Kier alpha value is -3.06. The first kappa shape index (κ1) is 14.3. The van der Waals surface area contributed by atoms with Gasteiger partial charge < -0.3 is 5.11 Å². The first-order valence-electron chi connectivity index (χ1n) is 8.60. The van der Waals surface area contributed by atoms with E-state index in [1.54, 1.807) is 0 Å². The molecule has 0 unspecified atom stereocenters. The van der Waals surface area contributed by atoms with Crippen LogP contribution in [0.2, 0.25) is 0 Å². The van der Waals surface area contributed by atoms with Gasteiger partial charge in [0.25, 0.3) is 0 Å². The first-order chi connectivity index (χ1) is 12.1. The molecule has 120 valence electrons. The molecule has 0 fully saturated rings. The lowest BCUT2D eigenvalue weighted by molar-refractivity contribution is 0.472. The quantitative estimate of drug-likeness (QED) is 0.318. The van der Waals surface area contributed by atoms with Crippen LogP contribution in [0.15, 0.2) is 66.7 Å². The van der Waals surface area contributed by atoms with E-state index in [4.69, 9.17) is 0 Å². The minimum atomic E-state index is 0.359. The van der Waals surface area contributed by atoms with E-state index in [1.807, 2.05) is 13.0 Å². The summed E-state index contributed by atoms with van der Waals surface area (Å²) in [5.74, 6) is 0.359. The molecule has 0 bridgehead atoms. The molecule has 5 aromatic carbocycles. The number of rotatable bonds is 0. The first-order valence-corrected chi connectivity index (χ1v) is 8.60. The molecule has 0 saturated heterocycles. The highest BCUT2D eigenvalue weighted by Crippen LogP contribution is 2.37. The monoisotopic (exact) mass is 322 g/mol. The Morgan fingerprint density at radius 2 is 1.12 bits per heavy atom. The van der Waals surface area contributed by atoms with Crippen molar-refractivity contribution in [3.05, 3.63) is 77.9 Å². The highest BCUT2D eigenvalue weighted by molar-refractivity contribution is 6.22. The number of phenolic OH excluding ortho intramolecular Hbond substituents is 1. The smallest absolute Gasteiger partial charge is 0.119 e. The number of aryl methyl sites for hydroxylation is 2. The van der Waals surface area contributed by atoms with E-state index in [0.717, 1.165) is 10.9 Å². The van der Waals surface area contributed by atoms with Gasteiger partial charge in [-0.05, 0) is 80.2 Å². The average molecular weight is 322 g/mol. The van der Waals surface area contributed by atoms with Gasteiger partial charge in [0.15, 0.2) is 0 Å². The fourth-order valence-electron chi connectivity index (χ4n) is 4.04. The van der Waals surface area contributed by atoms with Gasteiger partial charge in [0.05, 0.1) is 0 Å². The van der Waals surface area contributed by atoms with Gasteiger partial charge in [-0.25, -0.2) is 0 Å². The zero-order chi connectivity index (χ0) is 17.1. The Labute approximate surface area is 146 Å². The second-order valence-corrected chi connectivity index (χ2v) is 6.92. The molecule has 5 rings (SSSR count). The van der Waals surface area contributed by atoms with Crippen molar-refractivity contribution in [3.63, 3.8) is 0 Å². The number of aromatic hydroxyl groups is 1. The summed E-state index contributed by atoms with van der Waals surface area (Å²) in [7, 11) is 0. The molecule has 0 aliphatic heterocycles. The topological polar surface area (TPSA) is 20.2 Å². The lowest BCUT2D eigenvalue weighted by atomic mass is 9.91. The minimum absolute atomic E-state index is 0.359. The van der Waals surface area contributed by atoms with Crippen LogP contribution in [-0.4, -0.2) is 5.11 Å². The predicted octanol–water partition coefficient (Wildman–Crippen LogP) is 6.62. The summed E-state index contributed by atoms with van der Waals surface area (Å²) in [5.41, 5.74) is 2.16. The molecule has 0 radical (unpaired) electrons. The van der Waals surface area contributed by atoms with Crippen LogP contribution >= 0.6 is 0 Å². The number of phenols is 1. The Morgan fingerprint density at radius 1 is 0.520 bits per heavy atom. The molecule has 5 aromatic rings. The Morgan fingerprint density at radius 3 is 1.96 bits per heavy atom. The molecule has 0 amide bonds. The van der Waals surface area contributed by atoms with E-state index in [2.05, 4.69) is 67.6 Å². The van der Waals surface area contributed by atoms with Crippen LogP contribution < -0.4 is 0 Å². The van der Waals surface area contributed by atoms with Gasteiger partial charge >= 0.3 is 0 Å². The van der Waals surface area contributed by atoms with Gasteiger partial charge in [-0.3, -0.25) is 0 Å². The van der Waals surface area contributed by atoms with Crippen molar-refractivity contribution in [2.75, 3.05) is 0 Å². The number of hydrogen-bond acceptors (Lipinski definition) is 1. The summed E-state index contributed by atoms with van der Waals surface area (Å²) in [5, 5.41) is 20.1. The van der Waals surface area contributed by atoms with Gasteiger partial charge in [-0.2, -0.15) is 0 Å². The highest BCUT2D eigenvalue weighted by atomic mass is 16.3. The van der Waals surface area contributed by atoms with Crippen LogP contribution in [-0.2, 0) is 0 Å². The van der Waals surface area contributed by atoms with Crippen LogP contribution in [0.25, 0.3) is 43.1 Å². The SMILES string of the molecule is Cc1cc2c(C)cc3c(ccc4c5ccccc5ccc43)c2cc1O. The molecular formula is C24H18O. The summed E-state index contributed by atoms with van der Waals surface area (Å²) in [6.07, 6.45) is 0. The van der Waals surface area contributed by atoms with Crippen LogP contribution in [0.3, 0.4) is 0 Å². The van der Waals surface area contributed by atoms with Crippen molar-refractivity contribution in [2.45, 2.75) is 13.8 Å². The largest absolute Gasteiger partial charge is 0.508 e. The fourth-order valence-corrected chi connectivity index (χ4v) is 4.04. The Bertz CT molecular complexity index is 1310. The van der Waals surface area contributed by atoms with E-state index in [9.17, 15) is 5.11 Å². The van der Waals surface area contributed by atoms with Crippen molar-refractivity contribution in [3.8, 4) is 5.75 Å². The van der Waals surface area contributed by atoms with Crippen molar-refractivity contribution in [1.82, 2.24) is 0 Å². The second-order valence-electron chi connectivity index (χ2n) is 6.92. The molecule has 0 aliphatic rings. The fraction of sp³-hybridized carbons (Fsp3) is 0.0833. The number of fused-ring (bicyclic) bond motifs is 7. The molecule has 0 spiro atoms. The van der Waals surface area contributed by atoms with Gasteiger partial charge in [-0.15, -0.1) is 0 Å². The van der Waals surface area contributed by atoms with Crippen LogP contribution in [0.1, 0.15) is 11.1 Å². The maximum Gasteiger partial charge on any atom is 0.119 e. The zero-order valence-electron chi connectivity index (χ0n) is 14.3. The molecule has 0 aromatic heterocycles. The molecule has 1 N–H and O–H groups in total. The average Bonchev–Trinajstić information content (AvgIpc) is 2.63. The van der Waals surface area contributed by atoms with E-state index < -0.39 is 0 Å². The Kier molecular flexibility index (Phi) is 2.84. The molecular weight excluding hydrogens is 304 g/mol. The lowest BCUT2D eigenvalue weighted by Gasteiger charge is -2.13. The van der Waals surface area contributed by atoms with Crippen molar-refractivity contribution in [1.29, 1.82) is 0 Å². The lowest BCUT2D eigenvalue weighted by Crippen LogP contribution is -1.87. The molecule has 1 heteroatoms. The zero-order valence-corrected chi connectivity index (χ0v) is 14.3. The molecule has 0 atom stereocenters. The molecule has 1 nitrogen and oxygen atoms in total. The third-order valence-corrected chi connectivity index (χ3v) is 5.38. The van der Waals surface area contributed by atoms with Gasteiger partial charge in [0, 0.05) is 0 Å². The third-order valence-electron chi connectivity index (χ3n) is 5.38.